The molecule has 94 valence electrons. The van der Waals surface area contributed by atoms with Crippen LogP contribution in [-0.4, -0.2) is 48.1 Å². The zero-order chi connectivity index (χ0) is 12.4. The molecule has 0 unspecified atom stereocenters. The van der Waals surface area contributed by atoms with Crippen LogP contribution in [0.5, 0.6) is 0 Å². The van der Waals surface area contributed by atoms with Gasteiger partial charge in [-0.15, -0.1) is 0 Å². The Labute approximate surface area is 103 Å². The molecule has 0 saturated carbocycles. The summed E-state index contributed by atoms with van der Waals surface area (Å²) in [6.07, 6.45) is 3.90. The first-order chi connectivity index (χ1) is 8.09. The first kappa shape index (κ1) is 12.1. The van der Waals surface area contributed by atoms with Gasteiger partial charge in [0.25, 0.3) is 0 Å². The monoisotopic (exact) mass is 235 g/mol. The molecule has 0 amide bonds. The summed E-state index contributed by atoms with van der Waals surface area (Å²) in [4.78, 5) is 13.0. The summed E-state index contributed by atoms with van der Waals surface area (Å²) in [6, 6.07) is 0.555. The van der Waals surface area contributed by atoms with Crippen LogP contribution >= 0.6 is 0 Å². The molecule has 2 N–H and O–H groups in total. The minimum absolute atomic E-state index is 0.555. The van der Waals surface area contributed by atoms with Crippen molar-refractivity contribution in [2.45, 2.75) is 25.8 Å². The Morgan fingerprint density at radius 3 is 2.65 bits per heavy atom. The molecule has 2 rings (SSSR count). The van der Waals surface area contributed by atoms with Crippen LogP contribution in [0.3, 0.4) is 0 Å². The average molecular weight is 235 g/mol. The van der Waals surface area contributed by atoms with Crippen LogP contribution in [0.25, 0.3) is 0 Å². The molecule has 17 heavy (non-hydrogen) atoms. The molecule has 2 heterocycles. The molecule has 0 bridgehead atoms. The normalized spacial score (nSPS) is 18.3. The largest absolute Gasteiger partial charge is 0.383 e. The van der Waals surface area contributed by atoms with Crippen LogP contribution in [0.15, 0.2) is 6.33 Å². The van der Waals surface area contributed by atoms with E-state index >= 15 is 0 Å². The number of piperidine rings is 1. The highest BCUT2D eigenvalue weighted by Gasteiger charge is 2.22. The second kappa shape index (κ2) is 4.87. The summed E-state index contributed by atoms with van der Waals surface area (Å²) in [5, 5.41) is 0. The number of rotatable bonds is 2. The third-order valence-electron chi connectivity index (χ3n) is 3.67. The van der Waals surface area contributed by atoms with E-state index in [9.17, 15) is 0 Å². The first-order valence-electron chi connectivity index (χ1n) is 6.08. The van der Waals surface area contributed by atoms with Crippen molar-refractivity contribution in [1.29, 1.82) is 0 Å². The highest BCUT2D eigenvalue weighted by molar-refractivity contribution is 5.55. The Morgan fingerprint density at radius 1 is 1.35 bits per heavy atom. The molecule has 0 spiro atoms. The summed E-state index contributed by atoms with van der Waals surface area (Å²) in [7, 11) is 4.27. The van der Waals surface area contributed by atoms with Gasteiger partial charge in [-0.25, -0.2) is 9.97 Å². The molecule has 1 fully saturated rings. The second-order valence-corrected chi connectivity index (χ2v) is 4.85. The topological polar surface area (TPSA) is 58.3 Å². The predicted octanol–water partition coefficient (Wildman–Crippen LogP) is 0.898. The van der Waals surface area contributed by atoms with E-state index in [0.717, 1.165) is 24.5 Å². The molecule has 0 atom stereocenters. The summed E-state index contributed by atoms with van der Waals surface area (Å²) in [5.41, 5.74) is 6.80. The zero-order valence-corrected chi connectivity index (χ0v) is 10.8. The van der Waals surface area contributed by atoms with Gasteiger partial charge in [0, 0.05) is 18.7 Å². The number of nitrogens with zero attached hydrogens (tertiary/aromatic N) is 4. The fraction of sp³-hybridized carbons (Fsp3) is 0.667. The molecule has 0 aromatic carbocycles. The molecule has 1 aliphatic heterocycles. The van der Waals surface area contributed by atoms with E-state index in [2.05, 4.69) is 33.9 Å². The highest BCUT2D eigenvalue weighted by Crippen LogP contribution is 2.24. The van der Waals surface area contributed by atoms with Crippen LogP contribution in [0.1, 0.15) is 18.4 Å². The van der Waals surface area contributed by atoms with Crippen LogP contribution in [0.4, 0.5) is 11.6 Å². The van der Waals surface area contributed by atoms with Crippen LogP contribution in [0.2, 0.25) is 0 Å². The van der Waals surface area contributed by atoms with Gasteiger partial charge in [0.05, 0.1) is 0 Å². The number of hydrogen-bond acceptors (Lipinski definition) is 5. The number of hydrogen-bond donors (Lipinski definition) is 1. The molecule has 1 aromatic rings. The maximum atomic E-state index is 5.82. The maximum absolute atomic E-state index is 5.82. The summed E-state index contributed by atoms with van der Waals surface area (Å²) < 4.78 is 0. The zero-order valence-electron chi connectivity index (χ0n) is 10.8. The van der Waals surface area contributed by atoms with Crippen LogP contribution in [0, 0.1) is 6.92 Å². The van der Waals surface area contributed by atoms with E-state index in [1.54, 1.807) is 6.33 Å². The van der Waals surface area contributed by atoms with Crippen molar-refractivity contribution in [3.8, 4) is 0 Å². The molecule has 0 radical (unpaired) electrons. The predicted molar refractivity (Wildman–Crippen MR) is 70.1 cm³/mol. The first-order valence-corrected chi connectivity index (χ1v) is 6.08. The van der Waals surface area contributed by atoms with Gasteiger partial charge < -0.3 is 15.5 Å². The van der Waals surface area contributed by atoms with Crippen molar-refractivity contribution in [2.24, 2.45) is 0 Å². The van der Waals surface area contributed by atoms with Crippen molar-refractivity contribution in [2.75, 3.05) is 37.8 Å². The van der Waals surface area contributed by atoms with Crippen LogP contribution in [-0.2, 0) is 0 Å². The second-order valence-electron chi connectivity index (χ2n) is 4.85. The number of aromatic nitrogens is 2. The Hall–Kier alpha value is -1.36. The molecule has 1 saturated heterocycles. The third kappa shape index (κ3) is 2.49. The van der Waals surface area contributed by atoms with Gasteiger partial charge in [-0.1, -0.05) is 0 Å². The molecule has 1 aliphatic rings. The minimum Gasteiger partial charge on any atom is -0.383 e. The lowest BCUT2D eigenvalue weighted by Crippen LogP contribution is -2.42. The number of nitrogens with two attached hydrogens (primary N) is 1. The van der Waals surface area contributed by atoms with E-state index in [1.165, 1.54) is 12.8 Å². The molecule has 1 aromatic heterocycles. The van der Waals surface area contributed by atoms with Gasteiger partial charge in [-0.05, 0) is 39.9 Å². The lowest BCUT2D eigenvalue weighted by Gasteiger charge is -2.36. The molecule has 0 aliphatic carbocycles. The van der Waals surface area contributed by atoms with Crippen molar-refractivity contribution in [3.63, 3.8) is 0 Å². The lowest BCUT2D eigenvalue weighted by molar-refractivity contribution is 0.252. The van der Waals surface area contributed by atoms with Crippen molar-refractivity contribution in [3.05, 3.63) is 11.9 Å². The summed E-state index contributed by atoms with van der Waals surface area (Å²) in [6.45, 7) is 4.28. The Kier molecular flexibility index (Phi) is 3.47. The van der Waals surface area contributed by atoms with E-state index in [4.69, 9.17) is 5.73 Å². The smallest absolute Gasteiger partial charge is 0.137 e. The Morgan fingerprint density at radius 2 is 2.00 bits per heavy atom. The number of nitrogen functional groups attached to an aromatic ring is 1. The Bertz CT molecular complexity index is 384. The highest BCUT2D eigenvalue weighted by atomic mass is 15.2. The lowest BCUT2D eigenvalue weighted by atomic mass is 10.0. The molecular formula is C12H21N5. The van der Waals surface area contributed by atoms with Crippen molar-refractivity contribution < 1.29 is 0 Å². The van der Waals surface area contributed by atoms with E-state index < -0.39 is 0 Å². The number of anilines is 2. The van der Waals surface area contributed by atoms with Gasteiger partial charge in [-0.2, -0.15) is 0 Å². The average Bonchev–Trinajstić information content (AvgIpc) is 2.33. The fourth-order valence-corrected chi connectivity index (χ4v) is 2.36. The van der Waals surface area contributed by atoms with E-state index in [-0.39, 0.29) is 0 Å². The SMILES string of the molecule is Cc1c(N)ncnc1N(C)C1CCN(C)CC1. The summed E-state index contributed by atoms with van der Waals surface area (Å²) in [5.74, 6) is 1.54. The summed E-state index contributed by atoms with van der Waals surface area (Å²) >= 11 is 0. The Balaban J connectivity index is 2.14. The van der Waals surface area contributed by atoms with E-state index in [0.29, 0.717) is 11.9 Å². The van der Waals surface area contributed by atoms with Crippen LogP contribution < -0.4 is 10.6 Å². The molecular weight excluding hydrogens is 214 g/mol. The van der Waals surface area contributed by atoms with Crippen molar-refractivity contribution >= 4 is 11.6 Å². The van der Waals surface area contributed by atoms with Crippen molar-refractivity contribution in [1.82, 2.24) is 14.9 Å². The van der Waals surface area contributed by atoms with E-state index in [1.807, 2.05) is 6.92 Å². The quantitative estimate of drug-likeness (QED) is 0.825. The molecule has 5 nitrogen and oxygen atoms in total. The van der Waals surface area contributed by atoms with Gasteiger partial charge in [0.15, 0.2) is 0 Å². The number of likely N-dealkylation sites (tertiary alicyclic amines) is 1. The van der Waals surface area contributed by atoms with Gasteiger partial charge >= 0.3 is 0 Å². The molecule has 5 heteroatoms. The van der Waals surface area contributed by atoms with Gasteiger partial charge in [0.1, 0.15) is 18.0 Å². The maximum Gasteiger partial charge on any atom is 0.137 e. The van der Waals surface area contributed by atoms with Gasteiger partial charge in [0.2, 0.25) is 0 Å². The minimum atomic E-state index is 0.555. The third-order valence-corrected chi connectivity index (χ3v) is 3.67. The fourth-order valence-electron chi connectivity index (χ4n) is 2.36. The van der Waals surface area contributed by atoms with Gasteiger partial charge in [-0.3, -0.25) is 0 Å². The standard InChI is InChI=1S/C12H21N5/c1-9-11(13)14-8-15-12(9)17(3)10-4-6-16(2)7-5-10/h8,10H,4-7H2,1-3H3,(H2,13,14,15).